The summed E-state index contributed by atoms with van der Waals surface area (Å²) in [7, 11) is 0. The molecule has 2 aliphatic rings. The van der Waals surface area contributed by atoms with Crippen molar-refractivity contribution in [3.8, 4) is 0 Å². The molecule has 3 N–H and O–H groups in total. The minimum absolute atomic E-state index is 0.284. The van der Waals surface area contributed by atoms with E-state index in [1.54, 1.807) is 0 Å². The van der Waals surface area contributed by atoms with Crippen LogP contribution in [0.1, 0.15) is 56.4 Å². The van der Waals surface area contributed by atoms with Crippen LogP contribution in [-0.4, -0.2) is 31.2 Å². The molecule has 1 atom stereocenters. The molecular formula is C20H28ClFN2O2. The van der Waals surface area contributed by atoms with E-state index >= 15 is 0 Å². The maximum Gasteiger partial charge on any atom is 0.240 e. The van der Waals surface area contributed by atoms with Crippen molar-refractivity contribution >= 4 is 17.5 Å². The van der Waals surface area contributed by atoms with Gasteiger partial charge in [-0.25, -0.2) is 4.39 Å². The Morgan fingerprint density at radius 3 is 2.73 bits per heavy atom. The highest BCUT2D eigenvalue weighted by Crippen LogP contribution is 2.39. The van der Waals surface area contributed by atoms with E-state index < -0.39 is 5.54 Å². The molecule has 144 valence electrons. The van der Waals surface area contributed by atoms with Crippen LogP contribution < -0.4 is 11.1 Å². The van der Waals surface area contributed by atoms with Gasteiger partial charge in [0.15, 0.2) is 0 Å². The zero-order chi connectivity index (χ0) is 18.6. The highest BCUT2D eigenvalue weighted by atomic mass is 35.5. The second kappa shape index (κ2) is 8.68. The van der Waals surface area contributed by atoms with Crippen molar-refractivity contribution in [1.82, 2.24) is 5.32 Å². The third kappa shape index (κ3) is 4.56. The molecule has 1 aliphatic heterocycles. The second-order valence-corrected chi connectivity index (χ2v) is 8.11. The normalized spacial score (nSPS) is 29.5. The average molecular weight is 383 g/mol. The molecule has 6 heteroatoms. The molecule has 1 heterocycles. The Morgan fingerprint density at radius 2 is 2.12 bits per heavy atom. The summed E-state index contributed by atoms with van der Waals surface area (Å²) in [6.07, 6.45) is 7.02. The SMILES string of the molecule is NC(=O)C1(NCCC2CCC(c3ccc(F)cc3Cl)CC2)CCCOC1. The largest absolute Gasteiger partial charge is 0.379 e. The molecule has 1 saturated heterocycles. The number of carbonyl (C=O) groups excluding carboxylic acids is 1. The molecular weight excluding hydrogens is 355 g/mol. The van der Waals surface area contributed by atoms with Crippen molar-refractivity contribution < 1.29 is 13.9 Å². The molecule has 1 aromatic rings. The van der Waals surface area contributed by atoms with Gasteiger partial charge in [0.25, 0.3) is 0 Å². The van der Waals surface area contributed by atoms with Gasteiger partial charge in [-0.15, -0.1) is 0 Å². The van der Waals surface area contributed by atoms with Gasteiger partial charge in [-0.2, -0.15) is 0 Å². The first kappa shape index (κ1) is 19.6. The van der Waals surface area contributed by atoms with E-state index in [9.17, 15) is 9.18 Å². The fourth-order valence-corrected chi connectivity index (χ4v) is 4.65. The Kier molecular flexibility index (Phi) is 6.54. The fourth-order valence-electron chi connectivity index (χ4n) is 4.33. The maximum absolute atomic E-state index is 13.2. The van der Waals surface area contributed by atoms with Gasteiger partial charge in [-0.1, -0.05) is 17.7 Å². The van der Waals surface area contributed by atoms with Crippen LogP contribution >= 0.6 is 11.6 Å². The molecule has 26 heavy (non-hydrogen) atoms. The maximum atomic E-state index is 13.2. The Bertz CT molecular complexity index is 626. The van der Waals surface area contributed by atoms with Crippen LogP contribution in [0.3, 0.4) is 0 Å². The standard InChI is InChI=1S/C20H28ClFN2O2/c21-18-12-16(22)6-7-17(18)15-4-2-14(3-5-15)8-10-24-20(19(23)25)9-1-11-26-13-20/h6-7,12,14-15,24H,1-5,8-11,13H2,(H2,23,25). The van der Waals surface area contributed by atoms with Gasteiger partial charge in [-0.3, -0.25) is 4.79 Å². The van der Waals surface area contributed by atoms with E-state index in [0.29, 0.717) is 30.1 Å². The average Bonchev–Trinajstić information content (AvgIpc) is 2.63. The number of nitrogens with one attached hydrogen (secondary N) is 1. The first-order chi connectivity index (χ1) is 12.5. The summed E-state index contributed by atoms with van der Waals surface area (Å²) in [4.78, 5) is 11.9. The number of halogens is 2. The molecule has 0 aromatic heterocycles. The lowest BCUT2D eigenvalue weighted by Crippen LogP contribution is -2.60. The van der Waals surface area contributed by atoms with Crippen LogP contribution in [0.15, 0.2) is 18.2 Å². The van der Waals surface area contributed by atoms with Gasteiger partial charge in [0.1, 0.15) is 11.4 Å². The summed E-state index contributed by atoms with van der Waals surface area (Å²) < 4.78 is 18.7. The van der Waals surface area contributed by atoms with Crippen molar-refractivity contribution in [3.05, 3.63) is 34.6 Å². The lowest BCUT2D eigenvalue weighted by molar-refractivity contribution is -0.130. The predicted octanol–water partition coefficient (Wildman–Crippen LogP) is 3.77. The Balaban J connectivity index is 1.46. The van der Waals surface area contributed by atoms with Gasteiger partial charge in [0.05, 0.1) is 6.61 Å². The van der Waals surface area contributed by atoms with Gasteiger partial charge >= 0.3 is 0 Å². The number of amides is 1. The minimum atomic E-state index is -0.697. The van der Waals surface area contributed by atoms with Crippen LogP contribution in [0.5, 0.6) is 0 Å². The summed E-state index contributed by atoms with van der Waals surface area (Å²) in [5.41, 5.74) is 5.98. The Labute approximate surface area is 159 Å². The van der Waals surface area contributed by atoms with Crippen molar-refractivity contribution in [2.45, 2.75) is 56.4 Å². The molecule has 0 radical (unpaired) electrons. The highest BCUT2D eigenvalue weighted by molar-refractivity contribution is 6.31. The lowest BCUT2D eigenvalue weighted by atomic mass is 9.77. The summed E-state index contributed by atoms with van der Waals surface area (Å²) in [6, 6.07) is 4.72. The quantitative estimate of drug-likeness (QED) is 0.787. The highest BCUT2D eigenvalue weighted by Gasteiger charge is 2.38. The minimum Gasteiger partial charge on any atom is -0.379 e. The molecule has 1 saturated carbocycles. The Morgan fingerprint density at radius 1 is 1.35 bits per heavy atom. The summed E-state index contributed by atoms with van der Waals surface area (Å²) in [5.74, 6) is 0.448. The molecule has 2 fully saturated rings. The van der Waals surface area contributed by atoms with E-state index in [1.165, 1.54) is 12.1 Å². The topological polar surface area (TPSA) is 64.4 Å². The van der Waals surface area contributed by atoms with Crippen molar-refractivity contribution in [1.29, 1.82) is 0 Å². The molecule has 1 amide bonds. The molecule has 1 unspecified atom stereocenters. The number of benzene rings is 1. The molecule has 4 nitrogen and oxygen atoms in total. The molecule has 0 spiro atoms. The van der Waals surface area contributed by atoms with Crippen LogP contribution in [0.2, 0.25) is 5.02 Å². The number of carbonyl (C=O) groups is 1. The zero-order valence-electron chi connectivity index (χ0n) is 15.1. The van der Waals surface area contributed by atoms with Gasteiger partial charge in [0, 0.05) is 11.6 Å². The molecule has 1 aliphatic carbocycles. The monoisotopic (exact) mass is 382 g/mol. The van der Waals surface area contributed by atoms with Gasteiger partial charge in [-0.05, 0) is 81.0 Å². The Hall–Kier alpha value is -1.17. The summed E-state index contributed by atoms with van der Waals surface area (Å²) >= 11 is 6.21. The number of primary amides is 1. The van der Waals surface area contributed by atoms with Crippen molar-refractivity contribution in [2.24, 2.45) is 11.7 Å². The number of hydrogen-bond acceptors (Lipinski definition) is 3. The number of nitrogens with two attached hydrogens (primary N) is 1. The zero-order valence-corrected chi connectivity index (χ0v) is 15.9. The van der Waals surface area contributed by atoms with Crippen LogP contribution in [-0.2, 0) is 9.53 Å². The van der Waals surface area contributed by atoms with E-state index in [2.05, 4.69) is 5.32 Å². The van der Waals surface area contributed by atoms with E-state index in [-0.39, 0.29) is 11.7 Å². The van der Waals surface area contributed by atoms with Crippen LogP contribution in [0.25, 0.3) is 0 Å². The van der Waals surface area contributed by atoms with E-state index in [4.69, 9.17) is 22.1 Å². The van der Waals surface area contributed by atoms with Gasteiger partial charge in [0.2, 0.25) is 5.91 Å². The fraction of sp³-hybridized carbons (Fsp3) is 0.650. The third-order valence-corrected chi connectivity index (χ3v) is 6.30. The number of ether oxygens (including phenoxy) is 1. The summed E-state index contributed by atoms with van der Waals surface area (Å²) in [6.45, 7) is 1.85. The first-order valence-electron chi connectivity index (χ1n) is 9.58. The smallest absolute Gasteiger partial charge is 0.240 e. The van der Waals surface area contributed by atoms with E-state index in [0.717, 1.165) is 57.1 Å². The first-order valence-corrected chi connectivity index (χ1v) is 9.95. The van der Waals surface area contributed by atoms with E-state index in [1.807, 2.05) is 6.07 Å². The number of hydrogen-bond donors (Lipinski definition) is 2. The van der Waals surface area contributed by atoms with Crippen LogP contribution in [0.4, 0.5) is 4.39 Å². The molecule has 0 bridgehead atoms. The lowest BCUT2D eigenvalue weighted by Gasteiger charge is -2.36. The number of rotatable bonds is 6. The summed E-state index contributed by atoms with van der Waals surface area (Å²) in [5, 5.41) is 3.92. The predicted molar refractivity (Wildman–Crippen MR) is 101 cm³/mol. The van der Waals surface area contributed by atoms with Crippen molar-refractivity contribution in [3.63, 3.8) is 0 Å². The second-order valence-electron chi connectivity index (χ2n) is 7.70. The molecule has 3 rings (SSSR count). The van der Waals surface area contributed by atoms with Crippen LogP contribution in [0, 0.1) is 11.7 Å². The van der Waals surface area contributed by atoms with Gasteiger partial charge < -0.3 is 15.8 Å². The molecule has 1 aromatic carbocycles. The third-order valence-electron chi connectivity index (χ3n) is 5.98. The van der Waals surface area contributed by atoms with Crippen molar-refractivity contribution in [2.75, 3.05) is 19.8 Å².